The second-order valence-electron chi connectivity index (χ2n) is 5.46. The van der Waals surface area contributed by atoms with Gasteiger partial charge in [-0.15, -0.1) is 0 Å². The summed E-state index contributed by atoms with van der Waals surface area (Å²) in [5, 5.41) is 2.44. The molecule has 0 bridgehead atoms. The summed E-state index contributed by atoms with van der Waals surface area (Å²) in [6.07, 6.45) is 4.22. The molecule has 0 fully saturated rings. The first-order valence-electron chi connectivity index (χ1n) is 8.21. The SMILES string of the molecule is NCC(N)C(=O)N=C=CCN(C/C=C/NC(=O)C(N)CN)C(=O)C(N)CN. The van der Waals surface area contributed by atoms with Gasteiger partial charge in [-0.2, -0.15) is 4.99 Å². The number of nitrogens with two attached hydrogens (primary N) is 6. The van der Waals surface area contributed by atoms with Gasteiger partial charge in [-0.3, -0.25) is 14.4 Å². The van der Waals surface area contributed by atoms with Gasteiger partial charge < -0.3 is 44.6 Å². The van der Waals surface area contributed by atoms with Crippen molar-refractivity contribution in [1.29, 1.82) is 0 Å². The zero-order chi connectivity index (χ0) is 20.8. The fourth-order valence-corrected chi connectivity index (χ4v) is 1.57. The van der Waals surface area contributed by atoms with Crippen LogP contribution in [0.2, 0.25) is 0 Å². The molecule has 0 rings (SSSR count). The van der Waals surface area contributed by atoms with Crippen molar-refractivity contribution < 1.29 is 14.4 Å². The molecule has 3 atom stereocenters. The first-order chi connectivity index (χ1) is 12.8. The molecule has 0 heterocycles. The fraction of sp³-hybridized carbons (Fsp3) is 0.533. The Morgan fingerprint density at radius 2 is 1.56 bits per heavy atom. The Balaban J connectivity index is 4.90. The summed E-state index contributed by atoms with van der Waals surface area (Å²) in [5.74, 6) is 0.904. The van der Waals surface area contributed by atoms with Crippen molar-refractivity contribution in [3.8, 4) is 0 Å². The third-order valence-corrected chi connectivity index (χ3v) is 3.29. The predicted molar refractivity (Wildman–Crippen MR) is 102 cm³/mol. The van der Waals surface area contributed by atoms with E-state index in [1.165, 1.54) is 23.3 Å². The first kappa shape index (κ1) is 24.6. The van der Waals surface area contributed by atoms with Crippen molar-refractivity contribution in [1.82, 2.24) is 10.2 Å². The molecular weight excluding hydrogens is 354 g/mol. The van der Waals surface area contributed by atoms with Crippen LogP contribution in [-0.2, 0) is 14.4 Å². The second kappa shape index (κ2) is 13.7. The van der Waals surface area contributed by atoms with Crippen LogP contribution in [0.3, 0.4) is 0 Å². The van der Waals surface area contributed by atoms with Crippen LogP contribution >= 0.6 is 0 Å². The minimum absolute atomic E-state index is 0.00625. The molecule has 0 aromatic carbocycles. The zero-order valence-electron chi connectivity index (χ0n) is 15.1. The number of rotatable bonds is 11. The molecule has 0 aliphatic rings. The smallest absolute Gasteiger partial charge is 0.271 e. The van der Waals surface area contributed by atoms with E-state index in [1.54, 1.807) is 0 Å². The summed E-state index contributed by atoms with van der Waals surface area (Å²) in [6.45, 7) is 0.0975. The van der Waals surface area contributed by atoms with Gasteiger partial charge in [-0.25, -0.2) is 0 Å². The van der Waals surface area contributed by atoms with E-state index in [0.29, 0.717) is 0 Å². The van der Waals surface area contributed by atoms with Gasteiger partial charge >= 0.3 is 0 Å². The van der Waals surface area contributed by atoms with Gasteiger partial charge in [0.05, 0.1) is 18.1 Å². The lowest BCUT2D eigenvalue weighted by Gasteiger charge is -2.22. The van der Waals surface area contributed by atoms with E-state index in [0.717, 1.165) is 0 Å². The number of aliphatic imine (C=N–C) groups is 1. The Morgan fingerprint density at radius 1 is 0.963 bits per heavy atom. The van der Waals surface area contributed by atoms with Gasteiger partial charge in [0.1, 0.15) is 0 Å². The van der Waals surface area contributed by atoms with E-state index in [2.05, 4.69) is 16.2 Å². The molecule has 152 valence electrons. The topological polar surface area (TPSA) is 235 Å². The minimum atomic E-state index is -0.902. The maximum atomic E-state index is 12.2. The Bertz CT molecular complexity index is 587. The molecule has 0 spiro atoms. The van der Waals surface area contributed by atoms with Crippen molar-refractivity contribution in [2.24, 2.45) is 39.4 Å². The van der Waals surface area contributed by atoms with E-state index in [4.69, 9.17) is 34.4 Å². The number of hydrogen-bond donors (Lipinski definition) is 7. The van der Waals surface area contributed by atoms with Gasteiger partial charge in [0.2, 0.25) is 11.8 Å². The molecular formula is C15H29N9O3. The summed E-state index contributed by atoms with van der Waals surface area (Å²) in [5.41, 5.74) is 32.5. The van der Waals surface area contributed by atoms with Crippen LogP contribution in [-0.4, -0.2) is 79.3 Å². The van der Waals surface area contributed by atoms with Crippen molar-refractivity contribution in [2.45, 2.75) is 18.1 Å². The largest absolute Gasteiger partial charge is 0.333 e. The fourth-order valence-electron chi connectivity index (χ4n) is 1.57. The third-order valence-electron chi connectivity index (χ3n) is 3.29. The second-order valence-corrected chi connectivity index (χ2v) is 5.46. The molecule has 12 heteroatoms. The third kappa shape index (κ3) is 9.72. The van der Waals surface area contributed by atoms with E-state index < -0.39 is 35.8 Å². The summed E-state index contributed by atoms with van der Waals surface area (Å²) >= 11 is 0. The van der Waals surface area contributed by atoms with Crippen LogP contribution in [0.25, 0.3) is 0 Å². The average molecular weight is 383 g/mol. The van der Waals surface area contributed by atoms with Crippen molar-refractivity contribution >= 4 is 23.6 Å². The number of amides is 3. The van der Waals surface area contributed by atoms with Gasteiger partial charge in [0, 0.05) is 38.9 Å². The lowest BCUT2D eigenvalue weighted by molar-refractivity contribution is -0.131. The molecule has 0 aliphatic heterocycles. The molecule has 0 aromatic rings. The molecule has 3 unspecified atom stereocenters. The summed E-state index contributed by atoms with van der Waals surface area (Å²) in [4.78, 5) is 40.0. The van der Waals surface area contributed by atoms with Crippen molar-refractivity contribution in [3.05, 3.63) is 18.4 Å². The minimum Gasteiger partial charge on any atom is -0.333 e. The normalized spacial score (nSPS) is 14.0. The van der Waals surface area contributed by atoms with Crippen LogP contribution in [0.4, 0.5) is 0 Å². The average Bonchev–Trinajstić information content (AvgIpc) is 2.69. The summed E-state index contributed by atoms with van der Waals surface area (Å²) in [7, 11) is 0. The van der Waals surface area contributed by atoms with E-state index >= 15 is 0 Å². The monoisotopic (exact) mass is 383 g/mol. The van der Waals surface area contributed by atoms with Crippen LogP contribution in [0.15, 0.2) is 23.3 Å². The molecule has 0 saturated heterocycles. The van der Waals surface area contributed by atoms with Crippen LogP contribution in [0, 0.1) is 0 Å². The first-order valence-corrected chi connectivity index (χ1v) is 8.21. The molecule has 0 aromatic heterocycles. The van der Waals surface area contributed by atoms with Crippen molar-refractivity contribution in [3.63, 3.8) is 0 Å². The summed E-state index contributed by atoms with van der Waals surface area (Å²) in [6, 6.07) is -2.62. The Labute approximate surface area is 157 Å². The molecule has 0 saturated carbocycles. The number of hydrogen-bond acceptors (Lipinski definition) is 9. The highest BCUT2D eigenvalue weighted by Crippen LogP contribution is 1.94. The Morgan fingerprint density at radius 3 is 2.11 bits per heavy atom. The summed E-state index contributed by atoms with van der Waals surface area (Å²) < 4.78 is 0. The molecule has 12 nitrogen and oxygen atoms in total. The number of carbonyl (C=O) groups excluding carboxylic acids is 3. The van der Waals surface area contributed by atoms with Crippen molar-refractivity contribution in [2.75, 3.05) is 32.7 Å². The predicted octanol–water partition coefficient (Wildman–Crippen LogP) is -4.94. The van der Waals surface area contributed by atoms with Gasteiger partial charge in [0.25, 0.3) is 5.91 Å². The van der Waals surface area contributed by atoms with E-state index in [9.17, 15) is 14.4 Å². The standard InChI is InChI=1S/C15H29N9O3/c16-7-10(19)13(25)22-3-1-5-24(15(27)12(21)9-18)6-2-4-23-14(26)11(20)8-17/h1-3,10-12H,5-9,16-21H2,(H,22,25)/b3-1+. The molecule has 27 heavy (non-hydrogen) atoms. The lowest BCUT2D eigenvalue weighted by atomic mass is 10.2. The van der Waals surface area contributed by atoms with E-state index in [-0.39, 0.29) is 32.7 Å². The lowest BCUT2D eigenvalue weighted by Crippen LogP contribution is -2.48. The maximum absolute atomic E-state index is 12.2. The number of carbonyl (C=O) groups is 3. The maximum Gasteiger partial charge on any atom is 0.271 e. The Hall–Kier alpha value is -2.44. The van der Waals surface area contributed by atoms with Crippen LogP contribution in [0.5, 0.6) is 0 Å². The van der Waals surface area contributed by atoms with Gasteiger partial charge in [0.15, 0.2) is 0 Å². The van der Waals surface area contributed by atoms with E-state index in [1.807, 2.05) is 0 Å². The highest BCUT2D eigenvalue weighted by Gasteiger charge is 2.18. The number of nitrogens with one attached hydrogen (secondary N) is 1. The molecule has 13 N–H and O–H groups in total. The quantitative estimate of drug-likeness (QED) is 0.169. The molecule has 3 amide bonds. The highest BCUT2D eigenvalue weighted by atomic mass is 16.2. The molecule has 0 aliphatic carbocycles. The van der Waals surface area contributed by atoms with Gasteiger partial charge in [-0.05, 0) is 18.0 Å². The number of nitrogens with zero attached hydrogens (tertiary/aromatic N) is 2. The van der Waals surface area contributed by atoms with Crippen LogP contribution < -0.4 is 39.7 Å². The Kier molecular flexibility index (Phi) is 12.5. The highest BCUT2D eigenvalue weighted by molar-refractivity contribution is 5.88. The molecule has 0 radical (unpaired) electrons. The van der Waals surface area contributed by atoms with Gasteiger partial charge in [-0.1, -0.05) is 0 Å². The van der Waals surface area contributed by atoms with Crippen LogP contribution in [0.1, 0.15) is 0 Å². The zero-order valence-corrected chi connectivity index (χ0v) is 15.1.